The molecule has 1 aliphatic heterocycles. The number of aromatic nitrogens is 2. The molecule has 1 aromatic heterocycles. The predicted molar refractivity (Wildman–Crippen MR) is 143 cm³/mol. The van der Waals surface area contributed by atoms with Crippen molar-refractivity contribution in [2.45, 2.75) is 33.4 Å². The van der Waals surface area contributed by atoms with E-state index in [-0.39, 0.29) is 5.91 Å². The van der Waals surface area contributed by atoms with Crippen LogP contribution in [0.4, 0.5) is 0 Å². The standard InChI is InChI=1S/C30H32N4O3/c1-21-6-9-27(30-33-32-22(2)37-30)18-28(21)26-10-7-23(8-11-26)17-29(35)31-19-24-4-3-5-25(16-24)20-34-12-14-36-15-13-34/h3-11,16,18H,12-15,17,19-20H2,1-2H3,(H,31,35). The molecule has 7 heteroatoms. The minimum absolute atomic E-state index is 0.0104. The molecule has 0 aliphatic carbocycles. The van der Waals surface area contributed by atoms with Crippen LogP contribution in [0.25, 0.3) is 22.6 Å². The lowest BCUT2D eigenvalue weighted by Crippen LogP contribution is -2.35. The van der Waals surface area contributed by atoms with Crippen molar-refractivity contribution in [2.75, 3.05) is 26.3 Å². The maximum atomic E-state index is 12.6. The van der Waals surface area contributed by atoms with Gasteiger partial charge in [0, 0.05) is 38.7 Å². The zero-order valence-corrected chi connectivity index (χ0v) is 21.4. The molecular formula is C30H32N4O3. The van der Waals surface area contributed by atoms with Gasteiger partial charge in [0.25, 0.3) is 0 Å². The number of benzene rings is 3. The summed E-state index contributed by atoms with van der Waals surface area (Å²) in [5.41, 5.74) is 7.57. The Morgan fingerprint density at radius 2 is 1.65 bits per heavy atom. The molecule has 190 valence electrons. The topological polar surface area (TPSA) is 80.5 Å². The third kappa shape index (κ3) is 6.50. The lowest BCUT2D eigenvalue weighted by atomic mass is 9.96. The van der Waals surface area contributed by atoms with Crippen LogP contribution in [0, 0.1) is 13.8 Å². The zero-order valence-electron chi connectivity index (χ0n) is 21.4. The molecule has 7 nitrogen and oxygen atoms in total. The Balaban J connectivity index is 1.17. The second kappa shape index (κ2) is 11.5. The first-order chi connectivity index (χ1) is 18.0. The van der Waals surface area contributed by atoms with E-state index >= 15 is 0 Å². The van der Waals surface area contributed by atoms with Crippen molar-refractivity contribution < 1.29 is 13.9 Å². The Hall–Kier alpha value is -3.81. The molecule has 1 amide bonds. The number of hydrogen-bond acceptors (Lipinski definition) is 6. The Morgan fingerprint density at radius 3 is 2.41 bits per heavy atom. The molecule has 4 aromatic rings. The van der Waals surface area contributed by atoms with E-state index < -0.39 is 0 Å². The Morgan fingerprint density at radius 1 is 0.892 bits per heavy atom. The van der Waals surface area contributed by atoms with Crippen molar-refractivity contribution in [3.8, 4) is 22.6 Å². The maximum absolute atomic E-state index is 12.6. The number of morpholine rings is 1. The fourth-order valence-corrected chi connectivity index (χ4v) is 4.59. The smallest absolute Gasteiger partial charge is 0.247 e. The number of nitrogens with one attached hydrogen (secondary N) is 1. The predicted octanol–water partition coefficient (Wildman–Crippen LogP) is 4.71. The van der Waals surface area contributed by atoms with Crippen LogP contribution in [0.15, 0.2) is 71.1 Å². The number of aryl methyl sites for hydroxylation is 2. The molecule has 3 aromatic carbocycles. The van der Waals surface area contributed by atoms with Crippen LogP contribution in [-0.2, 0) is 29.0 Å². The maximum Gasteiger partial charge on any atom is 0.247 e. The van der Waals surface area contributed by atoms with Gasteiger partial charge in [0.05, 0.1) is 19.6 Å². The number of hydrogen-bond donors (Lipinski definition) is 1. The SMILES string of the molecule is Cc1nnc(-c2ccc(C)c(-c3ccc(CC(=O)NCc4cccc(CN5CCOCC5)c4)cc3)c2)o1. The highest BCUT2D eigenvalue weighted by atomic mass is 16.5. The average Bonchev–Trinajstić information content (AvgIpc) is 3.35. The number of carbonyl (C=O) groups is 1. The van der Waals surface area contributed by atoms with Gasteiger partial charge in [-0.2, -0.15) is 0 Å². The van der Waals surface area contributed by atoms with E-state index in [0.29, 0.717) is 24.7 Å². The summed E-state index contributed by atoms with van der Waals surface area (Å²) < 4.78 is 11.0. The van der Waals surface area contributed by atoms with Gasteiger partial charge in [0.1, 0.15) is 0 Å². The minimum atomic E-state index is 0.0104. The van der Waals surface area contributed by atoms with Crippen LogP contribution in [0.1, 0.15) is 28.1 Å². The van der Waals surface area contributed by atoms with Gasteiger partial charge in [-0.25, -0.2) is 0 Å². The summed E-state index contributed by atoms with van der Waals surface area (Å²) in [6, 6.07) is 22.7. The van der Waals surface area contributed by atoms with E-state index in [1.165, 1.54) is 5.56 Å². The molecule has 1 saturated heterocycles. The van der Waals surface area contributed by atoms with Crippen molar-refractivity contribution in [1.29, 1.82) is 0 Å². The molecule has 0 spiro atoms. The van der Waals surface area contributed by atoms with Crippen molar-refractivity contribution in [1.82, 2.24) is 20.4 Å². The molecule has 0 unspecified atom stereocenters. The van der Waals surface area contributed by atoms with Gasteiger partial charge < -0.3 is 14.5 Å². The van der Waals surface area contributed by atoms with Gasteiger partial charge in [-0.3, -0.25) is 9.69 Å². The van der Waals surface area contributed by atoms with E-state index in [9.17, 15) is 4.79 Å². The Bertz CT molecular complexity index is 1360. The average molecular weight is 497 g/mol. The van der Waals surface area contributed by atoms with Crippen LogP contribution in [-0.4, -0.2) is 47.3 Å². The fourth-order valence-electron chi connectivity index (χ4n) is 4.59. The number of carbonyl (C=O) groups excluding carboxylic acids is 1. The normalized spacial score (nSPS) is 14.0. The van der Waals surface area contributed by atoms with Crippen LogP contribution >= 0.6 is 0 Å². The van der Waals surface area contributed by atoms with E-state index in [2.05, 4.69) is 75.9 Å². The van der Waals surface area contributed by atoms with E-state index in [1.807, 2.05) is 18.2 Å². The van der Waals surface area contributed by atoms with E-state index in [4.69, 9.17) is 9.15 Å². The monoisotopic (exact) mass is 496 g/mol. The molecule has 1 fully saturated rings. The lowest BCUT2D eigenvalue weighted by Gasteiger charge is -2.26. The minimum Gasteiger partial charge on any atom is -0.421 e. The van der Waals surface area contributed by atoms with Crippen molar-refractivity contribution in [2.24, 2.45) is 0 Å². The first-order valence-electron chi connectivity index (χ1n) is 12.7. The van der Waals surface area contributed by atoms with Gasteiger partial charge in [-0.05, 0) is 52.4 Å². The van der Waals surface area contributed by atoms with Crippen LogP contribution < -0.4 is 5.32 Å². The number of ether oxygens (including phenoxy) is 1. The summed E-state index contributed by atoms with van der Waals surface area (Å²) >= 11 is 0. The van der Waals surface area contributed by atoms with Gasteiger partial charge in [0.15, 0.2) is 0 Å². The zero-order chi connectivity index (χ0) is 25.6. The van der Waals surface area contributed by atoms with Crippen LogP contribution in [0.5, 0.6) is 0 Å². The summed E-state index contributed by atoms with van der Waals surface area (Å²) in [5.74, 6) is 1.07. The van der Waals surface area contributed by atoms with E-state index in [0.717, 1.165) is 66.2 Å². The third-order valence-electron chi connectivity index (χ3n) is 6.63. The summed E-state index contributed by atoms with van der Waals surface area (Å²) in [5, 5.41) is 11.1. The molecule has 0 bridgehead atoms. The molecule has 0 radical (unpaired) electrons. The van der Waals surface area contributed by atoms with Gasteiger partial charge >= 0.3 is 0 Å². The molecule has 0 saturated carbocycles. The van der Waals surface area contributed by atoms with Crippen LogP contribution in [0.2, 0.25) is 0 Å². The first kappa shape index (κ1) is 24.9. The largest absolute Gasteiger partial charge is 0.421 e. The highest BCUT2D eigenvalue weighted by Crippen LogP contribution is 2.29. The van der Waals surface area contributed by atoms with Gasteiger partial charge in [0.2, 0.25) is 17.7 Å². The highest BCUT2D eigenvalue weighted by molar-refractivity contribution is 5.79. The van der Waals surface area contributed by atoms with Crippen molar-refractivity contribution in [3.05, 3.63) is 94.9 Å². The second-order valence-corrected chi connectivity index (χ2v) is 9.51. The molecule has 0 atom stereocenters. The quantitative estimate of drug-likeness (QED) is 0.381. The molecule has 1 aliphatic rings. The summed E-state index contributed by atoms with van der Waals surface area (Å²) in [4.78, 5) is 15.0. The molecular weight excluding hydrogens is 464 g/mol. The second-order valence-electron chi connectivity index (χ2n) is 9.51. The Kier molecular flexibility index (Phi) is 7.73. The third-order valence-corrected chi connectivity index (χ3v) is 6.63. The summed E-state index contributed by atoms with van der Waals surface area (Å²) in [7, 11) is 0. The molecule has 5 rings (SSSR count). The van der Waals surface area contributed by atoms with Gasteiger partial charge in [-0.15, -0.1) is 10.2 Å². The fraction of sp³-hybridized carbons (Fsp3) is 0.300. The highest BCUT2D eigenvalue weighted by Gasteiger charge is 2.12. The molecule has 1 N–H and O–H groups in total. The number of amides is 1. The van der Waals surface area contributed by atoms with Crippen molar-refractivity contribution in [3.63, 3.8) is 0 Å². The number of rotatable bonds is 8. The molecule has 37 heavy (non-hydrogen) atoms. The lowest BCUT2D eigenvalue weighted by molar-refractivity contribution is -0.120. The number of nitrogens with zero attached hydrogens (tertiary/aromatic N) is 3. The summed E-state index contributed by atoms with van der Waals surface area (Å²) in [6.45, 7) is 8.81. The van der Waals surface area contributed by atoms with Crippen molar-refractivity contribution >= 4 is 5.91 Å². The first-order valence-corrected chi connectivity index (χ1v) is 12.7. The summed E-state index contributed by atoms with van der Waals surface area (Å²) in [6.07, 6.45) is 0.341. The molecule has 2 heterocycles. The van der Waals surface area contributed by atoms with Gasteiger partial charge in [-0.1, -0.05) is 54.6 Å². The van der Waals surface area contributed by atoms with Crippen LogP contribution in [0.3, 0.4) is 0 Å². The van der Waals surface area contributed by atoms with E-state index in [1.54, 1.807) is 6.92 Å². The Labute approximate surface area is 217 Å².